The van der Waals surface area contributed by atoms with E-state index in [-0.39, 0.29) is 11.8 Å². The number of carbonyl (C=O) groups excluding carboxylic acids is 2. The van der Waals surface area contributed by atoms with Gasteiger partial charge in [0.25, 0.3) is 5.91 Å². The van der Waals surface area contributed by atoms with Crippen LogP contribution in [0.25, 0.3) is 5.82 Å². The molecule has 0 aliphatic carbocycles. The first-order valence-electron chi connectivity index (χ1n) is 9.20. The topological polar surface area (TPSA) is 71.3 Å². The van der Waals surface area contributed by atoms with Crippen LogP contribution in [0.2, 0.25) is 0 Å². The molecule has 1 aromatic carbocycles. The maximum absolute atomic E-state index is 13.1. The first-order chi connectivity index (χ1) is 13.6. The molecule has 28 heavy (non-hydrogen) atoms. The summed E-state index contributed by atoms with van der Waals surface area (Å²) in [6, 6.07) is 14.6. The highest BCUT2D eigenvalue weighted by molar-refractivity contribution is 6.00. The van der Waals surface area contributed by atoms with Crippen molar-refractivity contribution in [3.05, 3.63) is 78.2 Å². The second-order valence-electron chi connectivity index (χ2n) is 6.79. The molecular formula is C21H21N5O2. The third-order valence-corrected chi connectivity index (χ3v) is 5.01. The fourth-order valence-corrected chi connectivity index (χ4v) is 3.51. The van der Waals surface area contributed by atoms with Gasteiger partial charge in [0, 0.05) is 38.7 Å². The summed E-state index contributed by atoms with van der Waals surface area (Å²) in [5, 5.41) is 4.17. The zero-order chi connectivity index (χ0) is 19.5. The number of carbonyl (C=O) groups is 2. The minimum absolute atomic E-state index is 0.0239. The molecule has 0 radical (unpaired) electrons. The van der Waals surface area contributed by atoms with Crippen molar-refractivity contribution in [1.82, 2.24) is 24.6 Å². The van der Waals surface area contributed by atoms with Gasteiger partial charge in [-0.05, 0) is 30.2 Å². The summed E-state index contributed by atoms with van der Waals surface area (Å²) in [6.45, 7) is 1.19. The summed E-state index contributed by atoms with van der Waals surface area (Å²) >= 11 is 0. The highest BCUT2D eigenvalue weighted by Gasteiger charge is 2.37. The molecule has 1 atom stereocenters. The van der Waals surface area contributed by atoms with E-state index in [1.165, 1.54) is 4.90 Å². The van der Waals surface area contributed by atoms with Gasteiger partial charge in [-0.1, -0.05) is 30.3 Å². The summed E-state index contributed by atoms with van der Waals surface area (Å²) in [7, 11) is 1.68. The van der Waals surface area contributed by atoms with Crippen molar-refractivity contribution in [1.29, 1.82) is 0 Å². The van der Waals surface area contributed by atoms with Crippen molar-refractivity contribution in [2.75, 3.05) is 13.6 Å². The van der Waals surface area contributed by atoms with E-state index in [2.05, 4.69) is 10.1 Å². The molecule has 2 aromatic heterocycles. The van der Waals surface area contributed by atoms with E-state index < -0.39 is 6.04 Å². The highest BCUT2D eigenvalue weighted by Crippen LogP contribution is 2.22. The zero-order valence-electron chi connectivity index (χ0n) is 15.6. The number of amides is 2. The molecule has 3 heterocycles. The predicted molar refractivity (Wildman–Crippen MR) is 104 cm³/mol. The maximum atomic E-state index is 13.1. The van der Waals surface area contributed by atoms with Gasteiger partial charge < -0.3 is 9.80 Å². The van der Waals surface area contributed by atoms with Crippen LogP contribution in [0.4, 0.5) is 0 Å². The van der Waals surface area contributed by atoms with Gasteiger partial charge in [-0.15, -0.1) is 0 Å². The van der Waals surface area contributed by atoms with Crippen LogP contribution in [0.3, 0.4) is 0 Å². The van der Waals surface area contributed by atoms with Crippen LogP contribution < -0.4 is 0 Å². The van der Waals surface area contributed by atoms with Gasteiger partial charge in [0.05, 0.1) is 5.56 Å². The van der Waals surface area contributed by atoms with Crippen LogP contribution >= 0.6 is 0 Å². The number of pyridine rings is 1. The van der Waals surface area contributed by atoms with E-state index in [1.807, 2.05) is 30.3 Å². The lowest BCUT2D eigenvalue weighted by atomic mass is 10.1. The van der Waals surface area contributed by atoms with Gasteiger partial charge in [0.1, 0.15) is 6.04 Å². The Balaban J connectivity index is 1.52. The molecule has 1 aliphatic rings. The summed E-state index contributed by atoms with van der Waals surface area (Å²) in [4.78, 5) is 33.7. The molecule has 1 saturated heterocycles. The lowest BCUT2D eigenvalue weighted by Crippen LogP contribution is -2.43. The van der Waals surface area contributed by atoms with Crippen LogP contribution in [0.15, 0.2) is 67.1 Å². The van der Waals surface area contributed by atoms with Gasteiger partial charge in [-0.25, -0.2) is 9.67 Å². The minimum Gasteiger partial charge on any atom is -0.336 e. The molecule has 0 saturated carbocycles. The second-order valence-corrected chi connectivity index (χ2v) is 6.79. The molecular weight excluding hydrogens is 354 g/mol. The third-order valence-electron chi connectivity index (χ3n) is 5.01. The molecule has 0 bridgehead atoms. The molecule has 1 aliphatic heterocycles. The molecule has 1 fully saturated rings. The molecule has 1 unspecified atom stereocenters. The van der Waals surface area contributed by atoms with Crippen LogP contribution in [-0.2, 0) is 11.3 Å². The number of aromatic nitrogens is 3. The maximum Gasteiger partial charge on any atom is 0.258 e. The molecule has 3 aromatic rings. The largest absolute Gasteiger partial charge is 0.336 e. The smallest absolute Gasteiger partial charge is 0.258 e. The summed E-state index contributed by atoms with van der Waals surface area (Å²) in [5.74, 6) is 0.193. The number of hydrogen-bond donors (Lipinski definition) is 0. The third kappa shape index (κ3) is 3.38. The van der Waals surface area contributed by atoms with Crippen LogP contribution in [0, 0.1) is 0 Å². The normalized spacial score (nSPS) is 16.4. The summed E-state index contributed by atoms with van der Waals surface area (Å²) < 4.78 is 1.55. The molecule has 142 valence electrons. The van der Waals surface area contributed by atoms with Crippen LogP contribution in [-0.4, -0.2) is 56.0 Å². The lowest BCUT2D eigenvalue weighted by molar-refractivity contribution is -0.131. The Morgan fingerprint density at radius 1 is 1.14 bits per heavy atom. The van der Waals surface area contributed by atoms with E-state index in [9.17, 15) is 9.59 Å². The van der Waals surface area contributed by atoms with E-state index in [4.69, 9.17) is 0 Å². The second kappa shape index (κ2) is 7.64. The van der Waals surface area contributed by atoms with Gasteiger partial charge in [-0.3, -0.25) is 9.59 Å². The number of likely N-dealkylation sites (N-methyl/N-ethyl adjacent to an activating group) is 1. The fourth-order valence-electron chi connectivity index (χ4n) is 3.51. The standard InChI is InChI=1S/C21H21N5O2/c1-24(18-10-14-25(21(18)28)15-16-7-3-2-4-8-16)20(27)17-9-5-11-22-19(17)26-13-6-12-23-26/h2-9,11-13,18H,10,14-15H2,1H3. The quantitative estimate of drug-likeness (QED) is 0.685. The Kier molecular flexibility index (Phi) is 4.89. The van der Waals surface area contributed by atoms with Crippen LogP contribution in [0.1, 0.15) is 22.3 Å². The van der Waals surface area contributed by atoms with Crippen molar-refractivity contribution < 1.29 is 9.59 Å². The summed E-state index contributed by atoms with van der Waals surface area (Å²) in [5.41, 5.74) is 1.50. The average molecular weight is 375 g/mol. The minimum atomic E-state index is -0.470. The number of benzene rings is 1. The number of nitrogens with zero attached hydrogens (tertiary/aromatic N) is 5. The molecule has 4 rings (SSSR count). The first kappa shape index (κ1) is 17.9. The summed E-state index contributed by atoms with van der Waals surface area (Å²) in [6.07, 6.45) is 5.61. The number of likely N-dealkylation sites (tertiary alicyclic amines) is 1. The molecule has 0 N–H and O–H groups in total. The van der Waals surface area contributed by atoms with Gasteiger partial charge >= 0.3 is 0 Å². The Morgan fingerprint density at radius 3 is 2.71 bits per heavy atom. The van der Waals surface area contributed by atoms with Gasteiger partial charge in [-0.2, -0.15) is 5.10 Å². The van der Waals surface area contributed by atoms with Gasteiger partial charge in [0.2, 0.25) is 5.91 Å². The van der Waals surface area contributed by atoms with E-state index >= 15 is 0 Å². The monoisotopic (exact) mass is 375 g/mol. The Labute approximate surface area is 163 Å². The molecule has 7 heteroatoms. The van der Waals surface area contributed by atoms with Crippen molar-refractivity contribution in [3.63, 3.8) is 0 Å². The van der Waals surface area contributed by atoms with Crippen molar-refractivity contribution in [3.8, 4) is 5.82 Å². The van der Waals surface area contributed by atoms with Crippen molar-refractivity contribution >= 4 is 11.8 Å². The number of rotatable bonds is 5. The fraction of sp³-hybridized carbons (Fsp3) is 0.238. The van der Waals surface area contributed by atoms with E-state index in [0.29, 0.717) is 30.9 Å². The SMILES string of the molecule is CN(C(=O)c1cccnc1-n1cccn1)C1CCN(Cc2ccccc2)C1=O. The zero-order valence-corrected chi connectivity index (χ0v) is 15.6. The van der Waals surface area contributed by atoms with Crippen molar-refractivity contribution in [2.24, 2.45) is 0 Å². The molecule has 2 amide bonds. The number of hydrogen-bond acceptors (Lipinski definition) is 4. The Hall–Kier alpha value is -3.48. The molecule has 0 spiro atoms. The van der Waals surface area contributed by atoms with Crippen molar-refractivity contribution in [2.45, 2.75) is 19.0 Å². The lowest BCUT2D eigenvalue weighted by Gasteiger charge is -2.24. The first-order valence-corrected chi connectivity index (χ1v) is 9.20. The Bertz CT molecular complexity index is 971. The predicted octanol–water partition coefficient (Wildman–Crippen LogP) is 2.14. The van der Waals surface area contributed by atoms with Gasteiger partial charge in [0.15, 0.2) is 5.82 Å². The molecule has 7 nitrogen and oxygen atoms in total. The van der Waals surface area contributed by atoms with Crippen LogP contribution in [0.5, 0.6) is 0 Å². The van der Waals surface area contributed by atoms with E-state index in [1.54, 1.807) is 53.4 Å². The Morgan fingerprint density at radius 2 is 1.96 bits per heavy atom. The average Bonchev–Trinajstić information content (AvgIpc) is 3.39. The highest BCUT2D eigenvalue weighted by atomic mass is 16.2. The van der Waals surface area contributed by atoms with E-state index in [0.717, 1.165) is 5.56 Å².